The molecule has 0 fully saturated rings. The van der Waals surface area contributed by atoms with Crippen LogP contribution in [0.1, 0.15) is 24.0 Å². The molecular formula is C17H20ClN3. The Morgan fingerprint density at radius 1 is 1.29 bits per heavy atom. The molecule has 110 valence electrons. The zero-order valence-corrected chi connectivity index (χ0v) is 12.8. The number of allylic oxidation sites excluding steroid dienone is 1. The number of hydrogen-bond acceptors (Lipinski definition) is 3. The number of halogens is 1. The molecule has 0 bridgehead atoms. The van der Waals surface area contributed by atoms with Gasteiger partial charge < -0.3 is 11.5 Å². The maximum Gasteiger partial charge on any atom is 0.130 e. The Kier molecular flexibility index (Phi) is 7.05. The van der Waals surface area contributed by atoms with E-state index in [4.69, 9.17) is 17.3 Å². The lowest BCUT2D eigenvalue weighted by molar-refractivity contribution is 0.973. The van der Waals surface area contributed by atoms with Gasteiger partial charge in [0.1, 0.15) is 5.82 Å². The Bertz CT molecular complexity index is 594. The van der Waals surface area contributed by atoms with Gasteiger partial charge in [-0.3, -0.25) is 0 Å². The minimum Gasteiger partial charge on any atom is -0.405 e. The number of pyridine rings is 1. The van der Waals surface area contributed by atoms with Crippen molar-refractivity contribution in [2.45, 2.75) is 12.8 Å². The number of nitrogen functional groups attached to an aromatic ring is 1. The van der Waals surface area contributed by atoms with Crippen molar-refractivity contribution in [3.05, 3.63) is 77.6 Å². The molecule has 21 heavy (non-hydrogen) atoms. The van der Waals surface area contributed by atoms with E-state index in [1.807, 2.05) is 30.3 Å². The number of rotatable bonds is 3. The van der Waals surface area contributed by atoms with Gasteiger partial charge in [0.05, 0.1) is 5.02 Å². The molecule has 2 rings (SSSR count). The van der Waals surface area contributed by atoms with Gasteiger partial charge in [0.25, 0.3) is 0 Å². The number of aromatic nitrogens is 1. The fraction of sp³-hybridized carbons (Fsp3) is 0.118. The van der Waals surface area contributed by atoms with Crippen LogP contribution >= 0.6 is 11.6 Å². The molecule has 0 spiro atoms. The highest BCUT2D eigenvalue weighted by atomic mass is 35.5. The smallest absolute Gasteiger partial charge is 0.130 e. The molecule has 0 amide bonds. The van der Waals surface area contributed by atoms with E-state index in [1.165, 1.54) is 11.8 Å². The first-order chi connectivity index (χ1) is 10.1. The monoisotopic (exact) mass is 301 g/mol. The van der Waals surface area contributed by atoms with Crippen molar-refractivity contribution in [2.24, 2.45) is 5.73 Å². The summed E-state index contributed by atoms with van der Waals surface area (Å²) in [5.74, 6) is 0.820. The van der Waals surface area contributed by atoms with Gasteiger partial charge in [-0.1, -0.05) is 67.6 Å². The average Bonchev–Trinajstić information content (AvgIpc) is 2.49. The molecule has 1 atom stereocenters. The second-order valence-corrected chi connectivity index (χ2v) is 4.86. The summed E-state index contributed by atoms with van der Waals surface area (Å²) in [5, 5.41) is 0.594. The summed E-state index contributed by atoms with van der Waals surface area (Å²) >= 11 is 5.90. The molecule has 4 heteroatoms. The van der Waals surface area contributed by atoms with E-state index in [0.717, 1.165) is 5.56 Å². The first kappa shape index (κ1) is 16.8. The zero-order valence-electron chi connectivity index (χ0n) is 12.0. The van der Waals surface area contributed by atoms with E-state index in [9.17, 15) is 0 Å². The fourth-order valence-corrected chi connectivity index (χ4v) is 1.88. The normalized spacial score (nSPS) is 11.5. The zero-order chi connectivity index (χ0) is 15.7. The molecular weight excluding hydrogens is 282 g/mol. The number of nitrogens with zero attached hydrogens (tertiary/aromatic N) is 1. The van der Waals surface area contributed by atoms with Gasteiger partial charge >= 0.3 is 0 Å². The largest absolute Gasteiger partial charge is 0.405 e. The topological polar surface area (TPSA) is 64.9 Å². The Balaban J connectivity index is 0.000000677. The highest BCUT2D eigenvalue weighted by Crippen LogP contribution is 2.20. The molecule has 0 saturated heterocycles. The fourth-order valence-electron chi connectivity index (χ4n) is 1.71. The van der Waals surface area contributed by atoms with Crippen LogP contribution < -0.4 is 11.5 Å². The third-order valence-corrected chi connectivity index (χ3v) is 3.01. The van der Waals surface area contributed by atoms with E-state index in [-0.39, 0.29) is 0 Å². The highest BCUT2D eigenvalue weighted by Gasteiger charge is 2.02. The molecule has 0 aliphatic carbocycles. The Hall–Kier alpha value is -2.26. The lowest BCUT2D eigenvalue weighted by Crippen LogP contribution is -1.93. The minimum absolute atomic E-state index is 0.324. The molecule has 3 nitrogen and oxygen atoms in total. The van der Waals surface area contributed by atoms with E-state index in [1.54, 1.807) is 6.20 Å². The summed E-state index contributed by atoms with van der Waals surface area (Å²) < 4.78 is 0. The molecule has 1 heterocycles. The Morgan fingerprint density at radius 2 is 1.90 bits per heavy atom. The molecule has 1 aromatic heterocycles. The second kappa shape index (κ2) is 8.82. The Labute approximate surface area is 131 Å². The molecule has 4 N–H and O–H groups in total. The van der Waals surface area contributed by atoms with Crippen LogP contribution in [0.2, 0.25) is 5.02 Å². The van der Waals surface area contributed by atoms with Crippen LogP contribution in [0.25, 0.3) is 6.08 Å². The van der Waals surface area contributed by atoms with Gasteiger partial charge in [-0.15, -0.1) is 0 Å². The molecule has 2 aromatic rings. The molecule has 1 aromatic carbocycles. The molecule has 0 aliphatic rings. The maximum atomic E-state index is 5.90. The standard InChI is InChI=1S/C15H15ClN2.C2H5N/c1-11(12-5-3-2-4-6-12)7-8-13-9-14(16)10-18-15(13)17;1-2-3/h2-11H,1H3,(H2,17,18);2H,1,3H2/b8-7+;. The third-order valence-electron chi connectivity index (χ3n) is 2.81. The van der Waals surface area contributed by atoms with Crippen molar-refractivity contribution in [2.75, 3.05) is 5.73 Å². The van der Waals surface area contributed by atoms with Crippen molar-refractivity contribution < 1.29 is 0 Å². The van der Waals surface area contributed by atoms with Crippen molar-refractivity contribution in [1.29, 1.82) is 0 Å². The van der Waals surface area contributed by atoms with Gasteiger partial charge in [-0.2, -0.15) is 0 Å². The van der Waals surface area contributed by atoms with Crippen molar-refractivity contribution in [3.63, 3.8) is 0 Å². The number of hydrogen-bond donors (Lipinski definition) is 2. The van der Waals surface area contributed by atoms with Crippen LogP contribution in [0.15, 0.2) is 61.4 Å². The van der Waals surface area contributed by atoms with Gasteiger partial charge in [0.15, 0.2) is 0 Å². The van der Waals surface area contributed by atoms with Gasteiger partial charge in [-0.05, 0) is 23.7 Å². The summed E-state index contributed by atoms with van der Waals surface area (Å²) in [6, 6.07) is 12.1. The summed E-state index contributed by atoms with van der Waals surface area (Å²) in [6.45, 7) is 5.28. The van der Waals surface area contributed by atoms with Crippen LogP contribution in [0, 0.1) is 0 Å². The van der Waals surface area contributed by atoms with Crippen LogP contribution in [0.4, 0.5) is 5.82 Å². The summed E-state index contributed by atoms with van der Waals surface area (Å²) in [7, 11) is 0. The Morgan fingerprint density at radius 3 is 2.52 bits per heavy atom. The quantitative estimate of drug-likeness (QED) is 0.892. The van der Waals surface area contributed by atoms with E-state index in [0.29, 0.717) is 16.8 Å². The van der Waals surface area contributed by atoms with Crippen molar-refractivity contribution in [3.8, 4) is 0 Å². The van der Waals surface area contributed by atoms with E-state index in [2.05, 4.69) is 42.4 Å². The molecule has 0 radical (unpaired) electrons. The van der Waals surface area contributed by atoms with E-state index >= 15 is 0 Å². The maximum absolute atomic E-state index is 5.90. The van der Waals surface area contributed by atoms with E-state index < -0.39 is 0 Å². The predicted molar refractivity (Wildman–Crippen MR) is 91.9 cm³/mol. The summed E-state index contributed by atoms with van der Waals surface area (Å²) in [5.41, 5.74) is 12.5. The first-order valence-corrected chi connectivity index (χ1v) is 6.93. The summed E-state index contributed by atoms with van der Waals surface area (Å²) in [6.07, 6.45) is 6.86. The van der Waals surface area contributed by atoms with Crippen LogP contribution in [0.3, 0.4) is 0 Å². The molecule has 1 unspecified atom stereocenters. The third kappa shape index (κ3) is 5.71. The molecule has 0 saturated carbocycles. The minimum atomic E-state index is 0.324. The highest BCUT2D eigenvalue weighted by molar-refractivity contribution is 6.30. The van der Waals surface area contributed by atoms with Crippen LogP contribution in [0.5, 0.6) is 0 Å². The SMILES string of the molecule is C=CN.CC(/C=C/c1cc(Cl)cnc1N)c1ccccc1. The van der Waals surface area contributed by atoms with Gasteiger partial charge in [0, 0.05) is 11.8 Å². The first-order valence-electron chi connectivity index (χ1n) is 6.55. The lowest BCUT2D eigenvalue weighted by atomic mass is 10.00. The second-order valence-electron chi connectivity index (χ2n) is 4.42. The van der Waals surface area contributed by atoms with Crippen LogP contribution in [-0.4, -0.2) is 4.98 Å². The van der Waals surface area contributed by atoms with Crippen molar-refractivity contribution >= 4 is 23.5 Å². The lowest BCUT2D eigenvalue weighted by Gasteiger charge is -2.06. The van der Waals surface area contributed by atoms with Gasteiger partial charge in [0.2, 0.25) is 0 Å². The number of nitrogens with two attached hydrogens (primary N) is 2. The van der Waals surface area contributed by atoms with Crippen LogP contribution in [-0.2, 0) is 0 Å². The predicted octanol–water partition coefficient (Wildman–Crippen LogP) is 4.22. The van der Waals surface area contributed by atoms with Gasteiger partial charge in [-0.25, -0.2) is 4.98 Å². The molecule has 0 aliphatic heterocycles. The summed E-state index contributed by atoms with van der Waals surface area (Å²) in [4.78, 5) is 4.02. The number of anilines is 1. The number of benzene rings is 1. The average molecular weight is 302 g/mol. The van der Waals surface area contributed by atoms with Crippen molar-refractivity contribution in [1.82, 2.24) is 4.98 Å².